The summed E-state index contributed by atoms with van der Waals surface area (Å²) < 4.78 is 22.2. The molecule has 5 nitrogen and oxygen atoms in total. The molecule has 0 aromatic carbocycles. The van der Waals surface area contributed by atoms with Crippen molar-refractivity contribution in [2.75, 3.05) is 23.4 Å². The summed E-state index contributed by atoms with van der Waals surface area (Å²) in [5, 5.41) is 12.1. The molecule has 0 atom stereocenters. The lowest BCUT2D eigenvalue weighted by Crippen LogP contribution is -2.17. The number of nitrogens with zero attached hydrogens (tertiary/aromatic N) is 2. The van der Waals surface area contributed by atoms with Gasteiger partial charge in [-0.3, -0.25) is 0 Å². The van der Waals surface area contributed by atoms with Crippen molar-refractivity contribution in [2.45, 2.75) is 13.8 Å². The molecule has 7 heteroatoms. The summed E-state index contributed by atoms with van der Waals surface area (Å²) >= 11 is 1.42. The van der Waals surface area contributed by atoms with Crippen LogP contribution in [0.1, 0.15) is 11.9 Å². The van der Waals surface area contributed by atoms with Gasteiger partial charge in [0.15, 0.2) is 9.84 Å². The van der Waals surface area contributed by atoms with Crippen LogP contribution in [0, 0.1) is 6.92 Å². The number of nitrogens with one attached hydrogen (secondary N) is 1. The average Bonchev–Trinajstić information content (AvgIpc) is 2.51. The van der Waals surface area contributed by atoms with Crippen molar-refractivity contribution in [2.24, 2.45) is 0 Å². The summed E-state index contributed by atoms with van der Waals surface area (Å²) in [6.07, 6.45) is 0. The number of aryl methyl sites for hydroxylation is 1. The number of hydrogen-bond donors (Lipinski definition) is 1. The van der Waals surface area contributed by atoms with E-state index in [-0.39, 0.29) is 11.5 Å². The Morgan fingerprint density at radius 1 is 1.43 bits per heavy atom. The van der Waals surface area contributed by atoms with Crippen LogP contribution in [0.2, 0.25) is 0 Å². The Kier molecular flexibility index (Phi) is 3.82. The van der Waals surface area contributed by atoms with Crippen LogP contribution < -0.4 is 5.32 Å². The van der Waals surface area contributed by atoms with Gasteiger partial charge in [-0.1, -0.05) is 18.3 Å². The third-order valence-electron chi connectivity index (χ3n) is 1.66. The highest BCUT2D eigenvalue weighted by Gasteiger charge is 2.07. The molecule has 1 N–H and O–H groups in total. The van der Waals surface area contributed by atoms with E-state index in [9.17, 15) is 8.42 Å². The second-order valence-corrected chi connectivity index (χ2v) is 6.44. The number of anilines is 1. The van der Waals surface area contributed by atoms with E-state index < -0.39 is 9.84 Å². The Morgan fingerprint density at radius 3 is 2.64 bits per heavy atom. The standard InChI is InChI=1S/C7H13N3O2S2/c1-3-14(11,12)5-4-8-7-10-9-6(2)13-7/h3-5H2,1-2H3,(H,8,10). The summed E-state index contributed by atoms with van der Waals surface area (Å²) in [6.45, 7) is 3.89. The molecule has 14 heavy (non-hydrogen) atoms. The molecule has 0 aliphatic heterocycles. The smallest absolute Gasteiger partial charge is 0.205 e. The first kappa shape index (κ1) is 11.4. The molecule has 1 heterocycles. The molecule has 0 saturated carbocycles. The molecule has 0 aliphatic carbocycles. The first-order valence-electron chi connectivity index (χ1n) is 4.28. The van der Waals surface area contributed by atoms with E-state index in [0.29, 0.717) is 11.7 Å². The fraction of sp³-hybridized carbons (Fsp3) is 0.714. The topological polar surface area (TPSA) is 72.0 Å². The minimum atomic E-state index is -2.89. The molecule has 80 valence electrons. The Bertz CT molecular complexity index is 385. The molecule has 0 unspecified atom stereocenters. The molecule has 1 aromatic heterocycles. The lowest BCUT2D eigenvalue weighted by Gasteiger charge is -2.01. The van der Waals surface area contributed by atoms with E-state index in [1.165, 1.54) is 11.3 Å². The maximum Gasteiger partial charge on any atom is 0.205 e. The zero-order valence-electron chi connectivity index (χ0n) is 8.15. The second-order valence-electron chi connectivity index (χ2n) is 2.79. The minimum absolute atomic E-state index is 0.141. The predicted molar refractivity (Wildman–Crippen MR) is 57.5 cm³/mol. The lowest BCUT2D eigenvalue weighted by atomic mass is 10.7. The summed E-state index contributed by atoms with van der Waals surface area (Å²) in [4.78, 5) is 0. The molecular formula is C7H13N3O2S2. The molecule has 0 radical (unpaired) electrons. The first-order chi connectivity index (χ1) is 6.53. The highest BCUT2D eigenvalue weighted by Crippen LogP contribution is 2.12. The van der Waals surface area contributed by atoms with Crippen LogP contribution in [0.4, 0.5) is 5.13 Å². The Balaban J connectivity index is 2.36. The van der Waals surface area contributed by atoms with Crippen LogP contribution in [-0.4, -0.2) is 36.7 Å². The van der Waals surface area contributed by atoms with Crippen LogP contribution >= 0.6 is 11.3 Å². The van der Waals surface area contributed by atoms with Gasteiger partial charge in [-0.15, -0.1) is 10.2 Å². The average molecular weight is 235 g/mol. The zero-order chi connectivity index (χ0) is 10.6. The Morgan fingerprint density at radius 2 is 2.14 bits per heavy atom. The number of aromatic nitrogens is 2. The van der Waals surface area contributed by atoms with Crippen LogP contribution in [-0.2, 0) is 9.84 Å². The van der Waals surface area contributed by atoms with E-state index in [0.717, 1.165) is 5.01 Å². The molecule has 0 aliphatic rings. The normalized spacial score (nSPS) is 11.6. The van der Waals surface area contributed by atoms with E-state index in [2.05, 4.69) is 15.5 Å². The van der Waals surface area contributed by atoms with Gasteiger partial charge in [0.1, 0.15) is 5.01 Å². The minimum Gasteiger partial charge on any atom is -0.359 e. The van der Waals surface area contributed by atoms with Crippen molar-refractivity contribution in [1.29, 1.82) is 0 Å². The largest absolute Gasteiger partial charge is 0.359 e. The van der Waals surface area contributed by atoms with Gasteiger partial charge in [-0.2, -0.15) is 0 Å². The van der Waals surface area contributed by atoms with Gasteiger partial charge in [0.25, 0.3) is 0 Å². The maximum absolute atomic E-state index is 11.1. The predicted octanol–water partition coefficient (Wildman–Crippen LogP) is 0.693. The van der Waals surface area contributed by atoms with Gasteiger partial charge >= 0.3 is 0 Å². The fourth-order valence-electron chi connectivity index (χ4n) is 0.826. The SMILES string of the molecule is CCS(=O)(=O)CCNc1nnc(C)s1. The summed E-state index contributed by atoms with van der Waals surface area (Å²) in [5.41, 5.74) is 0. The molecule has 1 rings (SSSR count). The van der Waals surface area contributed by atoms with Crippen molar-refractivity contribution < 1.29 is 8.42 Å². The fourth-order valence-corrected chi connectivity index (χ4v) is 2.14. The summed E-state index contributed by atoms with van der Waals surface area (Å²) in [6, 6.07) is 0. The third-order valence-corrected chi connectivity index (χ3v) is 4.16. The van der Waals surface area contributed by atoms with E-state index in [1.54, 1.807) is 6.92 Å². The van der Waals surface area contributed by atoms with Gasteiger partial charge < -0.3 is 5.32 Å². The van der Waals surface area contributed by atoms with Crippen LogP contribution in [0.15, 0.2) is 0 Å². The zero-order valence-corrected chi connectivity index (χ0v) is 9.78. The molecule has 0 bridgehead atoms. The molecule has 1 aromatic rings. The van der Waals surface area contributed by atoms with E-state index >= 15 is 0 Å². The highest BCUT2D eigenvalue weighted by atomic mass is 32.2. The molecule has 0 amide bonds. The van der Waals surface area contributed by atoms with Crippen molar-refractivity contribution >= 4 is 26.3 Å². The van der Waals surface area contributed by atoms with Gasteiger partial charge in [0.05, 0.1) is 5.75 Å². The van der Waals surface area contributed by atoms with Gasteiger partial charge in [0.2, 0.25) is 5.13 Å². The molecule has 0 spiro atoms. The van der Waals surface area contributed by atoms with E-state index in [4.69, 9.17) is 0 Å². The molecule has 0 saturated heterocycles. The van der Waals surface area contributed by atoms with Crippen molar-refractivity contribution in [3.05, 3.63) is 5.01 Å². The summed E-state index contributed by atoms with van der Waals surface area (Å²) in [5.74, 6) is 0.325. The number of hydrogen-bond acceptors (Lipinski definition) is 6. The van der Waals surface area contributed by atoms with Gasteiger partial charge in [-0.25, -0.2) is 8.42 Å². The summed E-state index contributed by atoms with van der Waals surface area (Å²) in [7, 11) is -2.89. The van der Waals surface area contributed by atoms with Crippen LogP contribution in [0.3, 0.4) is 0 Å². The number of sulfone groups is 1. The number of rotatable bonds is 5. The van der Waals surface area contributed by atoms with Crippen molar-refractivity contribution in [3.63, 3.8) is 0 Å². The van der Waals surface area contributed by atoms with Crippen molar-refractivity contribution in [3.8, 4) is 0 Å². The van der Waals surface area contributed by atoms with Crippen molar-refractivity contribution in [1.82, 2.24) is 10.2 Å². The third kappa shape index (κ3) is 3.59. The van der Waals surface area contributed by atoms with Crippen LogP contribution in [0.5, 0.6) is 0 Å². The van der Waals surface area contributed by atoms with E-state index in [1.807, 2.05) is 6.92 Å². The van der Waals surface area contributed by atoms with Gasteiger partial charge in [0, 0.05) is 12.3 Å². The first-order valence-corrected chi connectivity index (χ1v) is 6.91. The molecular weight excluding hydrogens is 222 g/mol. The van der Waals surface area contributed by atoms with Gasteiger partial charge in [-0.05, 0) is 6.92 Å². The Hall–Kier alpha value is -0.690. The monoisotopic (exact) mass is 235 g/mol. The highest BCUT2D eigenvalue weighted by molar-refractivity contribution is 7.91. The second kappa shape index (κ2) is 4.70. The lowest BCUT2D eigenvalue weighted by molar-refractivity contribution is 0.597. The molecule has 0 fully saturated rings. The maximum atomic E-state index is 11.1. The Labute approximate surface area is 87.5 Å². The van der Waals surface area contributed by atoms with Crippen LogP contribution in [0.25, 0.3) is 0 Å². The quantitative estimate of drug-likeness (QED) is 0.813.